The third-order valence-corrected chi connectivity index (χ3v) is 3.98. The van der Waals surface area contributed by atoms with E-state index in [2.05, 4.69) is 16.0 Å². The van der Waals surface area contributed by atoms with Crippen molar-refractivity contribution >= 4 is 23.4 Å². The zero-order valence-electron chi connectivity index (χ0n) is 12.3. The first-order chi connectivity index (χ1) is 10.6. The molecule has 22 heavy (non-hydrogen) atoms. The van der Waals surface area contributed by atoms with Gasteiger partial charge in [-0.05, 0) is 25.6 Å². The molecule has 2 aliphatic rings. The van der Waals surface area contributed by atoms with Crippen molar-refractivity contribution in [1.29, 1.82) is 0 Å². The maximum absolute atomic E-state index is 12.6. The Morgan fingerprint density at radius 2 is 2.14 bits per heavy atom. The van der Waals surface area contributed by atoms with E-state index in [4.69, 9.17) is 0 Å². The van der Waals surface area contributed by atoms with Crippen LogP contribution in [0.4, 0.5) is 5.69 Å². The number of carbonyl (C=O) groups excluding carboxylic acids is 3. The predicted molar refractivity (Wildman–Crippen MR) is 80.4 cm³/mol. The van der Waals surface area contributed by atoms with Gasteiger partial charge in [-0.2, -0.15) is 0 Å². The number of hydrogen-bond acceptors (Lipinski definition) is 4. The molecule has 0 saturated carbocycles. The van der Waals surface area contributed by atoms with E-state index >= 15 is 0 Å². The van der Waals surface area contributed by atoms with Gasteiger partial charge in [0.1, 0.15) is 6.04 Å². The standard InChI is InChI=1S/C15H18N4O3/c1-16-7-13(20)17-9-6-12-14(21)18-11-5-3-2-4-10(11)15(22)19(12)8-9/h2-5,9,12,16H,6-8H2,1H3,(H,17,20)(H,18,21)/t9-,12-/m1/s1. The highest BCUT2D eigenvalue weighted by atomic mass is 16.2. The summed E-state index contributed by atoms with van der Waals surface area (Å²) in [4.78, 5) is 38.2. The van der Waals surface area contributed by atoms with Gasteiger partial charge in [-0.25, -0.2) is 0 Å². The van der Waals surface area contributed by atoms with Crippen molar-refractivity contribution < 1.29 is 14.4 Å². The molecule has 1 aromatic carbocycles. The average molecular weight is 302 g/mol. The smallest absolute Gasteiger partial charge is 0.256 e. The Bertz CT molecular complexity index is 631. The Morgan fingerprint density at radius 3 is 2.91 bits per heavy atom. The summed E-state index contributed by atoms with van der Waals surface area (Å²) < 4.78 is 0. The summed E-state index contributed by atoms with van der Waals surface area (Å²) in [6, 6.07) is 6.23. The maximum Gasteiger partial charge on any atom is 0.256 e. The van der Waals surface area contributed by atoms with E-state index < -0.39 is 6.04 Å². The van der Waals surface area contributed by atoms with Gasteiger partial charge >= 0.3 is 0 Å². The Hall–Kier alpha value is -2.41. The lowest BCUT2D eigenvalue weighted by molar-refractivity contribution is -0.121. The first kappa shape index (κ1) is 14.5. The molecule has 0 aromatic heterocycles. The number of para-hydroxylation sites is 1. The van der Waals surface area contributed by atoms with E-state index in [0.717, 1.165) is 0 Å². The maximum atomic E-state index is 12.6. The molecule has 7 heteroatoms. The molecule has 3 rings (SSSR count). The molecule has 2 atom stereocenters. The molecule has 2 aliphatic heterocycles. The Labute approximate surface area is 128 Å². The number of anilines is 1. The molecule has 0 radical (unpaired) electrons. The minimum Gasteiger partial charge on any atom is -0.350 e. The largest absolute Gasteiger partial charge is 0.350 e. The van der Waals surface area contributed by atoms with E-state index in [1.54, 1.807) is 36.2 Å². The minimum atomic E-state index is -0.542. The van der Waals surface area contributed by atoms with Crippen LogP contribution in [0.5, 0.6) is 0 Å². The van der Waals surface area contributed by atoms with Gasteiger partial charge in [0.15, 0.2) is 0 Å². The molecule has 7 nitrogen and oxygen atoms in total. The molecule has 116 valence electrons. The van der Waals surface area contributed by atoms with Gasteiger partial charge in [0.05, 0.1) is 17.8 Å². The van der Waals surface area contributed by atoms with Gasteiger partial charge in [-0.15, -0.1) is 0 Å². The van der Waals surface area contributed by atoms with Crippen molar-refractivity contribution in [1.82, 2.24) is 15.5 Å². The lowest BCUT2D eigenvalue weighted by Crippen LogP contribution is -2.42. The fraction of sp³-hybridized carbons (Fsp3) is 0.400. The summed E-state index contributed by atoms with van der Waals surface area (Å²) in [7, 11) is 1.69. The summed E-state index contributed by atoms with van der Waals surface area (Å²) in [5.41, 5.74) is 1.03. The van der Waals surface area contributed by atoms with Gasteiger partial charge in [0, 0.05) is 12.6 Å². The van der Waals surface area contributed by atoms with E-state index in [1.165, 1.54) is 0 Å². The van der Waals surface area contributed by atoms with Crippen LogP contribution in [0.1, 0.15) is 16.8 Å². The molecule has 3 N–H and O–H groups in total. The number of carbonyl (C=O) groups is 3. The highest BCUT2D eigenvalue weighted by molar-refractivity contribution is 6.10. The van der Waals surface area contributed by atoms with Crippen LogP contribution in [0.25, 0.3) is 0 Å². The number of rotatable bonds is 3. The van der Waals surface area contributed by atoms with Crippen LogP contribution < -0.4 is 16.0 Å². The number of nitrogens with zero attached hydrogens (tertiary/aromatic N) is 1. The number of likely N-dealkylation sites (N-methyl/N-ethyl adjacent to an activating group) is 1. The number of benzene rings is 1. The van der Waals surface area contributed by atoms with Gasteiger partial charge < -0.3 is 20.9 Å². The molecule has 0 aliphatic carbocycles. The summed E-state index contributed by atoms with van der Waals surface area (Å²) in [6.45, 7) is 0.560. The first-order valence-corrected chi connectivity index (χ1v) is 7.25. The number of nitrogens with one attached hydrogen (secondary N) is 3. The Kier molecular flexibility index (Phi) is 3.81. The monoisotopic (exact) mass is 302 g/mol. The van der Waals surface area contributed by atoms with Crippen LogP contribution in [0.15, 0.2) is 24.3 Å². The molecule has 1 saturated heterocycles. The van der Waals surface area contributed by atoms with Gasteiger partial charge in [0.2, 0.25) is 11.8 Å². The van der Waals surface area contributed by atoms with E-state index in [-0.39, 0.29) is 30.3 Å². The van der Waals surface area contributed by atoms with Gasteiger partial charge in [-0.3, -0.25) is 14.4 Å². The normalized spacial score (nSPS) is 23.4. The number of amides is 3. The highest BCUT2D eigenvalue weighted by Gasteiger charge is 2.42. The predicted octanol–water partition coefficient (Wildman–Crippen LogP) is -0.443. The average Bonchev–Trinajstić information content (AvgIpc) is 2.87. The summed E-state index contributed by atoms with van der Waals surface area (Å²) in [5.74, 6) is -0.522. The number of fused-ring (bicyclic) bond motifs is 2. The lowest BCUT2D eigenvalue weighted by atomic mass is 10.1. The third kappa shape index (κ3) is 2.55. The SMILES string of the molecule is CNCC(=O)N[C@@H]1C[C@@H]2C(=O)Nc3ccccc3C(=O)N2C1. The lowest BCUT2D eigenvalue weighted by Gasteiger charge is -2.20. The molecular weight excluding hydrogens is 284 g/mol. The van der Waals surface area contributed by atoms with Crippen molar-refractivity contribution in [2.24, 2.45) is 0 Å². The van der Waals surface area contributed by atoms with Gasteiger partial charge in [-0.1, -0.05) is 12.1 Å². The second-order valence-corrected chi connectivity index (χ2v) is 5.54. The molecule has 3 amide bonds. The zero-order chi connectivity index (χ0) is 15.7. The molecule has 1 fully saturated rings. The van der Waals surface area contributed by atoms with Crippen LogP contribution >= 0.6 is 0 Å². The van der Waals surface area contributed by atoms with Crippen LogP contribution in [0.3, 0.4) is 0 Å². The zero-order valence-corrected chi connectivity index (χ0v) is 12.3. The minimum absolute atomic E-state index is 0.140. The summed E-state index contributed by atoms with van der Waals surface area (Å²) in [6.07, 6.45) is 0.432. The van der Waals surface area contributed by atoms with Gasteiger partial charge in [0.25, 0.3) is 5.91 Å². The van der Waals surface area contributed by atoms with Crippen LogP contribution in [-0.2, 0) is 9.59 Å². The quantitative estimate of drug-likeness (QED) is 0.706. The van der Waals surface area contributed by atoms with Crippen molar-refractivity contribution in [2.45, 2.75) is 18.5 Å². The van der Waals surface area contributed by atoms with Crippen molar-refractivity contribution in [2.75, 3.05) is 25.5 Å². The molecule has 0 spiro atoms. The molecule has 2 heterocycles. The van der Waals surface area contributed by atoms with Crippen LogP contribution in [-0.4, -0.2) is 54.8 Å². The molecule has 0 unspecified atom stereocenters. The number of hydrogen-bond donors (Lipinski definition) is 3. The Balaban J connectivity index is 1.80. The second-order valence-electron chi connectivity index (χ2n) is 5.54. The molecule has 1 aromatic rings. The van der Waals surface area contributed by atoms with Crippen LogP contribution in [0, 0.1) is 0 Å². The molecular formula is C15H18N4O3. The second kappa shape index (κ2) is 5.76. The third-order valence-electron chi connectivity index (χ3n) is 3.98. The first-order valence-electron chi connectivity index (χ1n) is 7.25. The topological polar surface area (TPSA) is 90.5 Å². The van der Waals surface area contributed by atoms with E-state index in [0.29, 0.717) is 24.2 Å². The van der Waals surface area contributed by atoms with Crippen molar-refractivity contribution in [3.05, 3.63) is 29.8 Å². The fourth-order valence-corrected chi connectivity index (χ4v) is 3.00. The Morgan fingerprint density at radius 1 is 1.36 bits per heavy atom. The van der Waals surface area contributed by atoms with Crippen molar-refractivity contribution in [3.8, 4) is 0 Å². The van der Waals surface area contributed by atoms with Crippen LogP contribution in [0.2, 0.25) is 0 Å². The van der Waals surface area contributed by atoms with Crippen molar-refractivity contribution in [3.63, 3.8) is 0 Å². The summed E-state index contributed by atoms with van der Waals surface area (Å²) >= 11 is 0. The summed E-state index contributed by atoms with van der Waals surface area (Å²) in [5, 5.41) is 8.42. The molecule has 0 bridgehead atoms. The fourth-order valence-electron chi connectivity index (χ4n) is 3.00. The highest BCUT2D eigenvalue weighted by Crippen LogP contribution is 2.28. The van der Waals surface area contributed by atoms with E-state index in [9.17, 15) is 14.4 Å². The van der Waals surface area contributed by atoms with E-state index in [1.807, 2.05) is 0 Å².